The summed E-state index contributed by atoms with van der Waals surface area (Å²) in [6.07, 6.45) is 1.77. The number of rotatable bonds is 2. The molecule has 0 aliphatic heterocycles. The molecule has 0 saturated heterocycles. The Morgan fingerprint density at radius 1 is 0.727 bits per heavy atom. The van der Waals surface area contributed by atoms with Gasteiger partial charge in [0.1, 0.15) is 11.6 Å². The van der Waals surface area contributed by atoms with E-state index in [4.69, 9.17) is 4.74 Å². The van der Waals surface area contributed by atoms with Gasteiger partial charge in [0.25, 0.3) is 0 Å². The molecule has 4 aromatic rings. The molecule has 0 aliphatic rings. The van der Waals surface area contributed by atoms with Gasteiger partial charge in [-0.3, -0.25) is 0 Å². The maximum Gasteiger partial charge on any atom is 0.219 e. The summed E-state index contributed by atoms with van der Waals surface area (Å²) in [7, 11) is 0. The van der Waals surface area contributed by atoms with Gasteiger partial charge in [-0.05, 0) is 52.6 Å². The lowest BCUT2D eigenvalue weighted by molar-refractivity contribution is 0.464. The molecular weight excluding hydrogens is 277 g/mol. The SMILES string of the molecule is Fc1ccc2cc3cnc(Oc4ccccc4)cc3cc2c1. The highest BCUT2D eigenvalue weighted by molar-refractivity contribution is 5.98. The van der Waals surface area contributed by atoms with E-state index in [0.29, 0.717) is 5.88 Å². The predicted molar refractivity (Wildman–Crippen MR) is 85.7 cm³/mol. The van der Waals surface area contributed by atoms with Gasteiger partial charge in [0.05, 0.1) is 0 Å². The van der Waals surface area contributed by atoms with Crippen LogP contribution in [0.3, 0.4) is 0 Å². The summed E-state index contributed by atoms with van der Waals surface area (Å²) in [6, 6.07) is 20.1. The molecule has 1 aromatic heterocycles. The Bertz CT molecular complexity index is 967. The third-order valence-electron chi connectivity index (χ3n) is 3.58. The van der Waals surface area contributed by atoms with Crippen LogP contribution in [0.5, 0.6) is 11.6 Å². The van der Waals surface area contributed by atoms with Gasteiger partial charge in [0.2, 0.25) is 5.88 Å². The molecule has 3 heteroatoms. The van der Waals surface area contributed by atoms with Gasteiger partial charge in [0.15, 0.2) is 0 Å². The van der Waals surface area contributed by atoms with Crippen LogP contribution in [0.2, 0.25) is 0 Å². The first kappa shape index (κ1) is 12.8. The highest BCUT2D eigenvalue weighted by Gasteiger charge is 2.04. The van der Waals surface area contributed by atoms with Gasteiger partial charge < -0.3 is 4.74 Å². The Morgan fingerprint density at radius 3 is 2.36 bits per heavy atom. The van der Waals surface area contributed by atoms with E-state index in [1.165, 1.54) is 12.1 Å². The molecule has 0 radical (unpaired) electrons. The number of halogens is 1. The summed E-state index contributed by atoms with van der Waals surface area (Å²) in [5.41, 5.74) is 0. The largest absolute Gasteiger partial charge is 0.439 e. The zero-order chi connectivity index (χ0) is 14.9. The van der Waals surface area contributed by atoms with Crippen molar-refractivity contribution in [1.29, 1.82) is 0 Å². The Morgan fingerprint density at radius 2 is 1.50 bits per heavy atom. The summed E-state index contributed by atoms with van der Waals surface area (Å²) >= 11 is 0. The smallest absolute Gasteiger partial charge is 0.219 e. The first-order valence-corrected chi connectivity index (χ1v) is 7.00. The van der Waals surface area contributed by atoms with E-state index in [1.54, 1.807) is 12.3 Å². The van der Waals surface area contributed by atoms with Gasteiger partial charge in [0, 0.05) is 17.6 Å². The molecule has 0 unspecified atom stereocenters. The molecule has 2 nitrogen and oxygen atoms in total. The Balaban J connectivity index is 1.80. The van der Waals surface area contributed by atoms with Gasteiger partial charge in [-0.1, -0.05) is 24.3 Å². The number of hydrogen-bond donors (Lipinski definition) is 0. The molecule has 0 bridgehead atoms. The molecular formula is C19H12FNO. The Labute approximate surface area is 126 Å². The van der Waals surface area contributed by atoms with Crippen molar-refractivity contribution in [2.45, 2.75) is 0 Å². The average molecular weight is 289 g/mol. The molecule has 0 amide bonds. The predicted octanol–water partition coefficient (Wildman–Crippen LogP) is 5.32. The summed E-state index contributed by atoms with van der Waals surface area (Å²) < 4.78 is 19.1. The van der Waals surface area contributed by atoms with E-state index < -0.39 is 0 Å². The third-order valence-corrected chi connectivity index (χ3v) is 3.58. The van der Waals surface area contributed by atoms with E-state index in [0.717, 1.165) is 27.3 Å². The molecule has 1 heterocycles. The molecule has 0 saturated carbocycles. The summed E-state index contributed by atoms with van der Waals surface area (Å²) in [4.78, 5) is 4.33. The summed E-state index contributed by atoms with van der Waals surface area (Å²) in [5.74, 6) is 1.03. The zero-order valence-corrected chi connectivity index (χ0v) is 11.7. The lowest BCUT2D eigenvalue weighted by Crippen LogP contribution is -1.88. The fourth-order valence-corrected chi connectivity index (χ4v) is 2.51. The maximum atomic E-state index is 13.4. The second-order valence-electron chi connectivity index (χ2n) is 5.13. The van der Waals surface area contributed by atoms with E-state index in [-0.39, 0.29) is 5.82 Å². The standard InChI is InChI=1S/C19H12FNO/c20-17-7-6-13-8-16-12-21-19(11-15(16)9-14(13)10-17)22-18-4-2-1-3-5-18/h1-12H. The number of para-hydroxylation sites is 1. The van der Waals surface area contributed by atoms with Crippen LogP contribution in [0.25, 0.3) is 21.5 Å². The van der Waals surface area contributed by atoms with E-state index >= 15 is 0 Å². The van der Waals surface area contributed by atoms with Gasteiger partial charge in [-0.2, -0.15) is 0 Å². The number of aromatic nitrogens is 1. The van der Waals surface area contributed by atoms with Gasteiger partial charge in [-0.25, -0.2) is 9.37 Å². The number of benzene rings is 3. The number of ether oxygens (including phenoxy) is 1. The Hall–Kier alpha value is -2.94. The maximum absolute atomic E-state index is 13.4. The number of fused-ring (bicyclic) bond motifs is 2. The quantitative estimate of drug-likeness (QED) is 0.466. The van der Waals surface area contributed by atoms with Crippen molar-refractivity contribution < 1.29 is 9.13 Å². The third kappa shape index (κ3) is 2.37. The van der Waals surface area contributed by atoms with Crippen LogP contribution in [-0.4, -0.2) is 4.98 Å². The van der Waals surface area contributed by atoms with Crippen LogP contribution in [0, 0.1) is 5.82 Å². The fourth-order valence-electron chi connectivity index (χ4n) is 2.51. The molecule has 0 N–H and O–H groups in total. The minimum absolute atomic E-state index is 0.235. The number of nitrogens with zero attached hydrogens (tertiary/aromatic N) is 1. The number of pyridine rings is 1. The Kier molecular flexibility index (Phi) is 2.97. The van der Waals surface area contributed by atoms with Crippen LogP contribution in [0.15, 0.2) is 72.9 Å². The van der Waals surface area contributed by atoms with Crippen LogP contribution in [0.4, 0.5) is 4.39 Å². The van der Waals surface area contributed by atoms with Crippen molar-refractivity contribution in [2.75, 3.05) is 0 Å². The molecule has 4 rings (SSSR count). The van der Waals surface area contributed by atoms with Crippen molar-refractivity contribution in [1.82, 2.24) is 4.98 Å². The van der Waals surface area contributed by atoms with Crippen LogP contribution in [-0.2, 0) is 0 Å². The van der Waals surface area contributed by atoms with Crippen LogP contribution < -0.4 is 4.74 Å². The normalized spacial score (nSPS) is 11.0. The minimum atomic E-state index is -0.235. The molecule has 0 fully saturated rings. The molecule has 22 heavy (non-hydrogen) atoms. The van der Waals surface area contributed by atoms with Crippen molar-refractivity contribution in [3.8, 4) is 11.6 Å². The first-order chi connectivity index (χ1) is 10.8. The topological polar surface area (TPSA) is 22.1 Å². The highest BCUT2D eigenvalue weighted by Crippen LogP contribution is 2.27. The van der Waals surface area contributed by atoms with Crippen molar-refractivity contribution in [3.63, 3.8) is 0 Å². The average Bonchev–Trinajstić information content (AvgIpc) is 2.54. The lowest BCUT2D eigenvalue weighted by Gasteiger charge is -2.07. The minimum Gasteiger partial charge on any atom is -0.439 e. The van der Waals surface area contributed by atoms with E-state index in [9.17, 15) is 4.39 Å². The molecule has 0 spiro atoms. The second-order valence-corrected chi connectivity index (χ2v) is 5.13. The van der Waals surface area contributed by atoms with Gasteiger partial charge >= 0.3 is 0 Å². The van der Waals surface area contributed by atoms with Crippen LogP contribution in [0.1, 0.15) is 0 Å². The molecule has 0 aliphatic carbocycles. The van der Waals surface area contributed by atoms with Gasteiger partial charge in [-0.15, -0.1) is 0 Å². The van der Waals surface area contributed by atoms with E-state index in [2.05, 4.69) is 4.98 Å². The lowest BCUT2D eigenvalue weighted by atomic mass is 10.1. The van der Waals surface area contributed by atoms with Crippen LogP contribution >= 0.6 is 0 Å². The monoisotopic (exact) mass is 289 g/mol. The fraction of sp³-hybridized carbons (Fsp3) is 0. The second kappa shape index (κ2) is 5.11. The van der Waals surface area contributed by atoms with Crippen molar-refractivity contribution in [3.05, 3.63) is 78.7 Å². The molecule has 106 valence electrons. The zero-order valence-electron chi connectivity index (χ0n) is 11.7. The number of hydrogen-bond acceptors (Lipinski definition) is 2. The first-order valence-electron chi connectivity index (χ1n) is 7.00. The van der Waals surface area contributed by atoms with E-state index in [1.807, 2.05) is 48.5 Å². The molecule has 3 aromatic carbocycles. The highest BCUT2D eigenvalue weighted by atomic mass is 19.1. The van der Waals surface area contributed by atoms with Crippen molar-refractivity contribution >= 4 is 21.5 Å². The summed E-state index contributed by atoms with van der Waals surface area (Å²) in [5, 5.41) is 3.83. The molecule has 0 atom stereocenters. The summed E-state index contributed by atoms with van der Waals surface area (Å²) in [6.45, 7) is 0. The van der Waals surface area contributed by atoms with Crippen molar-refractivity contribution in [2.24, 2.45) is 0 Å².